The molecule has 0 bridgehead atoms. The maximum absolute atomic E-state index is 2.36. The molecule has 14 heavy (non-hydrogen) atoms. The predicted octanol–water partition coefficient (Wildman–Crippen LogP) is 4.90. The summed E-state index contributed by atoms with van der Waals surface area (Å²) in [6.07, 6.45) is 5.84. The van der Waals surface area contributed by atoms with E-state index in [9.17, 15) is 0 Å². The van der Waals surface area contributed by atoms with E-state index in [4.69, 9.17) is 0 Å². The van der Waals surface area contributed by atoms with Crippen LogP contribution in [0.15, 0.2) is 0 Å². The van der Waals surface area contributed by atoms with Crippen molar-refractivity contribution in [3.63, 3.8) is 0 Å². The van der Waals surface area contributed by atoms with Crippen LogP contribution in [0.4, 0.5) is 0 Å². The molecule has 0 aromatic heterocycles. The third-order valence-electron chi connectivity index (χ3n) is 1.46. The van der Waals surface area contributed by atoms with Crippen LogP contribution in [0.3, 0.4) is 0 Å². The average molecular weight is 273 g/mol. The van der Waals surface area contributed by atoms with E-state index < -0.39 is 0 Å². The Morgan fingerprint density at radius 2 is 0.929 bits per heavy atom. The second-order valence-electron chi connectivity index (χ2n) is 5.38. The Kier molecular flexibility index (Phi) is 13.7. The molecular formula is C13H28Y-2. The normalized spacial score (nSPS) is 11.1. The molecule has 85 valence electrons. The van der Waals surface area contributed by atoms with Crippen LogP contribution in [0.2, 0.25) is 0 Å². The molecule has 0 aromatic rings. The van der Waals surface area contributed by atoms with Gasteiger partial charge < -0.3 is 19.3 Å². The van der Waals surface area contributed by atoms with Crippen LogP contribution in [0.1, 0.15) is 61.8 Å². The summed E-state index contributed by atoms with van der Waals surface area (Å²) in [5.41, 5.74) is 0.726. The summed E-state index contributed by atoms with van der Waals surface area (Å²) in [4.78, 5) is 0. The third kappa shape index (κ3) is 23.2. The molecule has 0 N–H and O–H groups in total. The van der Waals surface area contributed by atoms with Gasteiger partial charge in [0.25, 0.3) is 0 Å². The van der Waals surface area contributed by atoms with Gasteiger partial charge in [0.2, 0.25) is 0 Å². The first-order valence-corrected chi connectivity index (χ1v) is 5.39. The number of rotatable bonds is 2. The van der Waals surface area contributed by atoms with Crippen LogP contribution < -0.4 is 0 Å². The smallest absolute Gasteiger partial charge is 0 e. The molecule has 0 heterocycles. The fourth-order valence-corrected chi connectivity index (χ4v) is 0.766. The van der Waals surface area contributed by atoms with E-state index in [2.05, 4.69) is 54.4 Å². The van der Waals surface area contributed by atoms with E-state index in [1.54, 1.807) is 0 Å². The van der Waals surface area contributed by atoms with Gasteiger partial charge in [-0.2, -0.15) is 10.8 Å². The van der Waals surface area contributed by atoms with Gasteiger partial charge in [0.15, 0.2) is 0 Å². The molecule has 0 aromatic carbocycles. The zero-order valence-electron chi connectivity index (χ0n) is 11.4. The van der Waals surface area contributed by atoms with E-state index in [1.165, 1.54) is 0 Å². The third-order valence-corrected chi connectivity index (χ3v) is 1.46. The average Bonchev–Trinajstić information content (AvgIpc) is 1.86. The Labute approximate surface area is 118 Å². The first-order chi connectivity index (χ1) is 5.71. The summed E-state index contributed by atoms with van der Waals surface area (Å²) >= 11 is 0. The standard InChI is InChI=1S/C11H22.C2H6.Y/c1-10(2,3)8-7-9-11(4,5)6;1-2;/h8-9H,7H2,1-6H3;1-2H3;/q-2;;. The van der Waals surface area contributed by atoms with Gasteiger partial charge in [-0.15, -0.1) is 0 Å². The van der Waals surface area contributed by atoms with Crippen molar-refractivity contribution in [2.75, 3.05) is 0 Å². The first-order valence-electron chi connectivity index (χ1n) is 5.39. The zero-order valence-corrected chi connectivity index (χ0v) is 14.3. The summed E-state index contributed by atoms with van der Waals surface area (Å²) in [6.45, 7) is 17.4. The second-order valence-corrected chi connectivity index (χ2v) is 5.38. The van der Waals surface area contributed by atoms with Crippen molar-refractivity contribution in [3.05, 3.63) is 12.8 Å². The van der Waals surface area contributed by atoms with Crippen LogP contribution in [-0.4, -0.2) is 0 Å². The van der Waals surface area contributed by atoms with Gasteiger partial charge in [-0.25, -0.2) is 0 Å². The molecule has 0 amide bonds. The first kappa shape index (κ1) is 20.5. The van der Waals surface area contributed by atoms with Gasteiger partial charge in [-0.3, -0.25) is 0 Å². The zero-order chi connectivity index (χ0) is 11.1. The fourth-order valence-electron chi connectivity index (χ4n) is 0.766. The molecule has 0 fully saturated rings. The van der Waals surface area contributed by atoms with Crippen molar-refractivity contribution in [1.82, 2.24) is 0 Å². The van der Waals surface area contributed by atoms with E-state index in [0.29, 0.717) is 10.8 Å². The predicted molar refractivity (Wildman–Crippen MR) is 63.5 cm³/mol. The molecule has 1 radical (unpaired) electrons. The van der Waals surface area contributed by atoms with Gasteiger partial charge in [0.05, 0.1) is 0 Å². The minimum absolute atomic E-state index is 0. The van der Waals surface area contributed by atoms with E-state index >= 15 is 0 Å². The quantitative estimate of drug-likeness (QED) is 0.628. The summed E-state index contributed by atoms with van der Waals surface area (Å²) in [7, 11) is 0. The Balaban J connectivity index is -0.000000376. The summed E-state index contributed by atoms with van der Waals surface area (Å²) in [5, 5.41) is 0. The molecule has 0 aliphatic carbocycles. The Morgan fingerprint density at radius 3 is 1.07 bits per heavy atom. The van der Waals surface area contributed by atoms with Crippen molar-refractivity contribution >= 4 is 0 Å². The topological polar surface area (TPSA) is 0 Å². The van der Waals surface area contributed by atoms with Crippen LogP contribution in [0.25, 0.3) is 0 Å². The van der Waals surface area contributed by atoms with Crippen LogP contribution in [0.5, 0.6) is 0 Å². The molecule has 1 heteroatoms. The molecule has 0 aliphatic rings. The molecule has 0 aliphatic heterocycles. The molecule has 0 unspecified atom stereocenters. The van der Waals surface area contributed by atoms with Gasteiger partial charge in [0.1, 0.15) is 0 Å². The summed E-state index contributed by atoms with van der Waals surface area (Å²) in [6, 6.07) is 0. The summed E-state index contributed by atoms with van der Waals surface area (Å²) in [5.74, 6) is 0. The molecule has 0 nitrogen and oxygen atoms in total. The second kappa shape index (κ2) is 9.34. The maximum Gasteiger partial charge on any atom is 0 e. The van der Waals surface area contributed by atoms with Crippen LogP contribution in [0, 0.1) is 23.7 Å². The van der Waals surface area contributed by atoms with Gasteiger partial charge >= 0.3 is 0 Å². The minimum Gasteiger partial charge on any atom is -0.352 e. The minimum atomic E-state index is 0. The Morgan fingerprint density at radius 1 is 0.714 bits per heavy atom. The molecule has 0 atom stereocenters. The monoisotopic (exact) mass is 273 g/mol. The van der Waals surface area contributed by atoms with Crippen molar-refractivity contribution in [3.8, 4) is 0 Å². The van der Waals surface area contributed by atoms with Gasteiger partial charge in [-0.1, -0.05) is 55.4 Å². The van der Waals surface area contributed by atoms with Crippen LogP contribution >= 0.6 is 0 Å². The molecule has 0 spiro atoms. The van der Waals surface area contributed by atoms with E-state index in [-0.39, 0.29) is 32.7 Å². The van der Waals surface area contributed by atoms with Crippen molar-refractivity contribution in [2.24, 2.45) is 10.8 Å². The van der Waals surface area contributed by atoms with E-state index in [0.717, 1.165) is 6.42 Å². The fraction of sp³-hybridized carbons (Fsp3) is 0.846. The van der Waals surface area contributed by atoms with Gasteiger partial charge in [-0.05, 0) is 0 Å². The van der Waals surface area contributed by atoms with Crippen molar-refractivity contribution in [1.29, 1.82) is 0 Å². The van der Waals surface area contributed by atoms with Gasteiger partial charge in [0, 0.05) is 32.7 Å². The van der Waals surface area contributed by atoms with Crippen molar-refractivity contribution < 1.29 is 32.7 Å². The maximum atomic E-state index is 2.36. The molecular weight excluding hydrogens is 245 g/mol. The van der Waals surface area contributed by atoms with Crippen LogP contribution in [-0.2, 0) is 32.7 Å². The Bertz CT molecular complexity index is 89.4. The molecule has 0 saturated heterocycles. The number of hydrogen-bond acceptors (Lipinski definition) is 0. The largest absolute Gasteiger partial charge is 0.352 e. The molecule has 0 rings (SSSR count). The number of hydrogen-bond donors (Lipinski definition) is 0. The summed E-state index contributed by atoms with van der Waals surface area (Å²) < 4.78 is 0. The Hall–Kier alpha value is 1.10. The van der Waals surface area contributed by atoms with E-state index in [1.807, 2.05) is 13.8 Å². The SMILES string of the molecule is CC.CC(C)(C)[CH-]C[CH-]C(C)(C)C.[Y]. The molecule has 0 saturated carbocycles. The van der Waals surface area contributed by atoms with Crippen molar-refractivity contribution in [2.45, 2.75) is 61.8 Å².